The lowest BCUT2D eigenvalue weighted by Gasteiger charge is -2.23. The van der Waals surface area contributed by atoms with Gasteiger partial charge < -0.3 is 26.6 Å². The van der Waals surface area contributed by atoms with Crippen LogP contribution in [0.5, 0.6) is 5.75 Å². The fourth-order valence-corrected chi connectivity index (χ4v) is 4.71. The highest BCUT2D eigenvalue weighted by molar-refractivity contribution is 7.18. The smallest absolute Gasteiger partial charge is 0.124 e. The Kier molecular flexibility index (Phi) is 5.33. The molecule has 1 aliphatic heterocycles. The Morgan fingerprint density at radius 3 is 2.79 bits per heavy atom. The number of nitrogens with one attached hydrogen (secondary N) is 1. The number of piperidine rings is 1. The average Bonchev–Trinajstić information content (AvgIpc) is 3.09. The predicted molar refractivity (Wildman–Crippen MR) is 95.8 cm³/mol. The highest BCUT2D eigenvalue weighted by Gasteiger charge is 2.18. The first-order valence-corrected chi connectivity index (χ1v) is 9.35. The van der Waals surface area contributed by atoms with Crippen LogP contribution in [0, 0.1) is 6.92 Å². The molecule has 24 heavy (non-hydrogen) atoms. The van der Waals surface area contributed by atoms with E-state index in [1.165, 1.54) is 54.6 Å². The summed E-state index contributed by atoms with van der Waals surface area (Å²) in [5.74, 6) is 0.906. The molecule has 0 spiro atoms. The van der Waals surface area contributed by atoms with E-state index >= 15 is 0 Å². The van der Waals surface area contributed by atoms with E-state index in [-0.39, 0.29) is 12.4 Å². The molecule has 0 amide bonds. The standard InChI is InChI=1S/C18H23N3OS.ClH/c1-13-19-17-15-12-14(22-2)6-7-16(15)21(18(17)23-13)11-10-20-8-4-3-5-9-20;/h6-7,12H,3-5,8-11H2,1-2H3;1H. The summed E-state index contributed by atoms with van der Waals surface area (Å²) in [5, 5.41) is 2.36. The molecule has 1 aromatic carbocycles. The van der Waals surface area contributed by atoms with Gasteiger partial charge in [-0.25, -0.2) is 4.98 Å². The predicted octanol–water partition coefficient (Wildman–Crippen LogP) is -0.359. The molecule has 1 N–H and O–H groups in total. The van der Waals surface area contributed by atoms with E-state index in [4.69, 9.17) is 9.72 Å². The van der Waals surface area contributed by atoms with E-state index in [9.17, 15) is 0 Å². The average molecular weight is 366 g/mol. The highest BCUT2D eigenvalue weighted by Crippen LogP contribution is 2.34. The maximum Gasteiger partial charge on any atom is 0.124 e. The third-order valence-corrected chi connectivity index (χ3v) is 5.95. The molecule has 0 atom stereocenters. The number of fused-ring (bicyclic) bond motifs is 3. The highest BCUT2D eigenvalue weighted by atomic mass is 35.5. The van der Waals surface area contributed by atoms with Crippen LogP contribution < -0.4 is 22.0 Å². The SMILES string of the molecule is COc1ccc2c(c1)c1nc(C)sc1n2CC[NH+]1CCCCC1.[Cl-]. The monoisotopic (exact) mass is 365 g/mol. The number of aromatic nitrogens is 2. The van der Waals surface area contributed by atoms with Crippen LogP contribution in [0.15, 0.2) is 18.2 Å². The summed E-state index contributed by atoms with van der Waals surface area (Å²) in [5.41, 5.74) is 2.42. The van der Waals surface area contributed by atoms with E-state index < -0.39 is 0 Å². The first kappa shape index (κ1) is 17.5. The molecule has 4 rings (SSSR count). The summed E-state index contributed by atoms with van der Waals surface area (Å²) in [6.07, 6.45) is 4.18. The number of thiazole rings is 1. The number of quaternary nitrogens is 1. The van der Waals surface area contributed by atoms with Gasteiger partial charge in [0.05, 0.1) is 43.8 Å². The van der Waals surface area contributed by atoms with Gasteiger partial charge in [-0.3, -0.25) is 0 Å². The van der Waals surface area contributed by atoms with E-state index in [1.54, 1.807) is 23.3 Å². The summed E-state index contributed by atoms with van der Waals surface area (Å²) >= 11 is 1.81. The summed E-state index contributed by atoms with van der Waals surface area (Å²) in [6, 6.07) is 6.37. The summed E-state index contributed by atoms with van der Waals surface area (Å²) < 4.78 is 7.87. The minimum Gasteiger partial charge on any atom is -1.00 e. The van der Waals surface area contributed by atoms with E-state index in [0.29, 0.717) is 0 Å². The molecule has 0 radical (unpaired) electrons. The van der Waals surface area contributed by atoms with Gasteiger partial charge in [0, 0.05) is 5.39 Å². The van der Waals surface area contributed by atoms with Crippen molar-refractivity contribution in [3.63, 3.8) is 0 Å². The summed E-state index contributed by atoms with van der Waals surface area (Å²) in [7, 11) is 1.72. The number of hydrogen-bond acceptors (Lipinski definition) is 3. The number of ether oxygens (including phenoxy) is 1. The van der Waals surface area contributed by atoms with E-state index in [2.05, 4.69) is 29.7 Å². The number of nitrogens with zero attached hydrogens (tertiary/aromatic N) is 2. The fraction of sp³-hybridized carbons (Fsp3) is 0.500. The Bertz CT molecular complexity index is 836. The van der Waals surface area contributed by atoms with Gasteiger partial charge in [-0.15, -0.1) is 11.3 Å². The molecule has 0 bridgehead atoms. The molecule has 0 unspecified atom stereocenters. The molecule has 1 fully saturated rings. The Morgan fingerprint density at radius 2 is 2.04 bits per heavy atom. The van der Waals surface area contributed by atoms with Gasteiger partial charge in [-0.05, 0) is 44.4 Å². The second-order valence-electron chi connectivity index (χ2n) is 6.48. The van der Waals surface area contributed by atoms with Crippen molar-refractivity contribution in [2.75, 3.05) is 26.7 Å². The number of halogens is 1. The van der Waals surface area contributed by atoms with Gasteiger partial charge in [0.15, 0.2) is 0 Å². The maximum absolute atomic E-state index is 5.40. The first-order valence-electron chi connectivity index (χ1n) is 8.53. The second-order valence-corrected chi connectivity index (χ2v) is 7.66. The van der Waals surface area contributed by atoms with Gasteiger partial charge in [0.25, 0.3) is 0 Å². The third-order valence-electron chi connectivity index (χ3n) is 4.96. The van der Waals surface area contributed by atoms with Crippen LogP contribution in [-0.4, -0.2) is 36.3 Å². The van der Waals surface area contributed by atoms with Crippen molar-refractivity contribution in [1.82, 2.24) is 9.55 Å². The number of rotatable bonds is 4. The van der Waals surface area contributed by atoms with Crippen LogP contribution in [0.3, 0.4) is 0 Å². The number of hydrogen-bond donors (Lipinski definition) is 1. The molecule has 3 aromatic rings. The van der Waals surface area contributed by atoms with Crippen molar-refractivity contribution < 1.29 is 22.0 Å². The largest absolute Gasteiger partial charge is 1.00 e. The maximum atomic E-state index is 5.40. The van der Waals surface area contributed by atoms with Crippen molar-refractivity contribution in [2.24, 2.45) is 0 Å². The molecule has 0 saturated carbocycles. The molecule has 3 heterocycles. The van der Waals surface area contributed by atoms with E-state index in [1.807, 2.05) is 0 Å². The van der Waals surface area contributed by atoms with Gasteiger partial charge >= 0.3 is 0 Å². The molecule has 1 aliphatic rings. The molecule has 1 saturated heterocycles. The zero-order chi connectivity index (χ0) is 15.8. The van der Waals surface area contributed by atoms with Crippen molar-refractivity contribution in [2.45, 2.75) is 32.7 Å². The van der Waals surface area contributed by atoms with Crippen LogP contribution in [0.25, 0.3) is 21.3 Å². The van der Waals surface area contributed by atoms with Gasteiger partial charge in [-0.2, -0.15) is 0 Å². The molecule has 4 nitrogen and oxygen atoms in total. The third kappa shape index (κ3) is 3.13. The van der Waals surface area contributed by atoms with Crippen LogP contribution >= 0.6 is 11.3 Å². The van der Waals surface area contributed by atoms with Gasteiger partial charge in [0.2, 0.25) is 0 Å². The normalized spacial score (nSPS) is 15.8. The number of aryl methyl sites for hydroxylation is 1. The molecule has 0 aliphatic carbocycles. The molecular weight excluding hydrogens is 342 g/mol. The van der Waals surface area contributed by atoms with Crippen molar-refractivity contribution in [1.29, 1.82) is 0 Å². The zero-order valence-electron chi connectivity index (χ0n) is 14.3. The number of methoxy groups -OCH3 is 1. The van der Waals surface area contributed by atoms with Crippen LogP contribution in [0.2, 0.25) is 0 Å². The topological polar surface area (TPSA) is 31.5 Å². The van der Waals surface area contributed by atoms with Gasteiger partial charge in [-0.1, -0.05) is 0 Å². The minimum atomic E-state index is 0. The van der Waals surface area contributed by atoms with Crippen molar-refractivity contribution >= 4 is 32.6 Å². The molecule has 2 aromatic heterocycles. The fourth-order valence-electron chi connectivity index (χ4n) is 3.74. The lowest BCUT2D eigenvalue weighted by molar-refractivity contribution is -0.905. The number of benzene rings is 1. The Balaban J connectivity index is 0.00000169. The zero-order valence-corrected chi connectivity index (χ0v) is 15.8. The van der Waals surface area contributed by atoms with Crippen LogP contribution in [0.4, 0.5) is 0 Å². The Hall–Kier alpha value is -1.30. The summed E-state index contributed by atoms with van der Waals surface area (Å²) in [4.78, 5) is 7.83. The Labute approximate surface area is 152 Å². The first-order chi connectivity index (χ1) is 11.3. The second kappa shape index (κ2) is 7.30. The minimum absolute atomic E-state index is 0. The lowest BCUT2D eigenvalue weighted by atomic mass is 10.1. The van der Waals surface area contributed by atoms with Gasteiger partial charge in [0.1, 0.15) is 16.1 Å². The summed E-state index contributed by atoms with van der Waals surface area (Å²) in [6.45, 7) is 7.04. The lowest BCUT2D eigenvalue weighted by Crippen LogP contribution is -3.13. The number of likely N-dealkylation sites (tertiary alicyclic amines) is 1. The van der Waals surface area contributed by atoms with Crippen molar-refractivity contribution in [3.05, 3.63) is 23.2 Å². The van der Waals surface area contributed by atoms with E-state index in [0.717, 1.165) is 22.8 Å². The van der Waals surface area contributed by atoms with Crippen molar-refractivity contribution in [3.8, 4) is 5.75 Å². The molecule has 6 heteroatoms. The van der Waals surface area contributed by atoms with Crippen LogP contribution in [0.1, 0.15) is 24.3 Å². The van der Waals surface area contributed by atoms with Crippen LogP contribution in [-0.2, 0) is 6.54 Å². The molecule has 130 valence electrons. The Morgan fingerprint density at radius 1 is 1.25 bits per heavy atom. The quantitative estimate of drug-likeness (QED) is 0.684. The molecular formula is C18H24ClN3OS.